The average Bonchev–Trinajstić information content (AvgIpc) is 3.02. The number of nitrogens with zero attached hydrogens (tertiary/aromatic N) is 3. The highest BCUT2D eigenvalue weighted by Gasteiger charge is 2.15. The molecule has 1 fully saturated rings. The van der Waals surface area contributed by atoms with Gasteiger partial charge in [0.05, 0.1) is 6.42 Å². The van der Waals surface area contributed by atoms with Gasteiger partial charge in [-0.15, -0.1) is 0 Å². The molecule has 11 nitrogen and oxygen atoms in total. The number of rotatable bonds is 16. The summed E-state index contributed by atoms with van der Waals surface area (Å²) in [4.78, 5) is 37.0. The van der Waals surface area contributed by atoms with Gasteiger partial charge in [-0.2, -0.15) is 15.0 Å². The molecule has 230 valence electrons. The summed E-state index contributed by atoms with van der Waals surface area (Å²) in [5.74, 6) is 1.11. The second-order valence-corrected chi connectivity index (χ2v) is 10.9. The third-order valence-electron chi connectivity index (χ3n) is 7.38. The van der Waals surface area contributed by atoms with Crippen LogP contribution in [0.2, 0.25) is 0 Å². The normalized spacial score (nSPS) is 13.3. The van der Waals surface area contributed by atoms with Crippen LogP contribution in [0.3, 0.4) is 0 Å². The van der Waals surface area contributed by atoms with Gasteiger partial charge in [-0.3, -0.25) is 14.8 Å². The molecule has 0 aliphatic heterocycles. The molecule has 0 unspecified atom stereocenters. The minimum absolute atomic E-state index is 0.0724. The van der Waals surface area contributed by atoms with Crippen LogP contribution < -0.4 is 26.7 Å². The first kappa shape index (κ1) is 31.6. The van der Waals surface area contributed by atoms with Gasteiger partial charge in [-0.1, -0.05) is 49.9 Å². The molecule has 3 aromatic rings. The Balaban J connectivity index is 1.31. The van der Waals surface area contributed by atoms with Crippen molar-refractivity contribution in [3.8, 4) is 0 Å². The zero-order chi connectivity index (χ0) is 30.3. The van der Waals surface area contributed by atoms with Crippen molar-refractivity contribution in [1.29, 1.82) is 0 Å². The molecular weight excluding hydrogens is 551 g/mol. The van der Waals surface area contributed by atoms with Crippen LogP contribution >= 0.6 is 0 Å². The first-order valence-electron chi connectivity index (χ1n) is 15.0. The second kappa shape index (κ2) is 17.0. The van der Waals surface area contributed by atoms with Gasteiger partial charge in [0, 0.05) is 31.7 Å². The molecule has 6 N–H and O–H groups in total. The molecule has 4 rings (SSSR count). The average molecular weight is 593 g/mol. The van der Waals surface area contributed by atoms with Crippen molar-refractivity contribution >= 4 is 35.3 Å². The smallest absolute Gasteiger partial charge is 0.243 e. The van der Waals surface area contributed by atoms with Crippen LogP contribution in [0.25, 0.3) is 0 Å². The Morgan fingerprint density at radius 1 is 0.791 bits per heavy atom. The van der Waals surface area contributed by atoms with Gasteiger partial charge in [0.1, 0.15) is 5.82 Å². The number of anilines is 4. The number of nitrogens with one attached hydrogen (secondary N) is 5. The number of carbonyl (C=O) groups excluding carboxylic acids is 2. The van der Waals surface area contributed by atoms with E-state index in [4.69, 9.17) is 5.21 Å². The molecule has 1 aliphatic rings. The highest BCUT2D eigenvalue weighted by Crippen LogP contribution is 2.24. The standard InChI is InChI=1S/C31H41FN8O3/c32-25-14-10-24(11-15-25)21-35-30-37-29(34-20-23-7-3-1-4-8-23)38-31(39-30)36-26-16-12-22(13-17-26)19-28(42)33-18-6-2-5-9-27(41)40-43/h10-17,23,43H,1-9,18-21H2,(H,33,42)(H,40,41)(H3,34,35,36,37,38,39). The fourth-order valence-electron chi connectivity index (χ4n) is 4.95. The molecule has 0 atom stereocenters. The van der Waals surface area contributed by atoms with Crippen LogP contribution in [0.15, 0.2) is 48.5 Å². The van der Waals surface area contributed by atoms with Gasteiger partial charge in [-0.05, 0) is 67.0 Å². The Morgan fingerprint density at radius 3 is 2.19 bits per heavy atom. The summed E-state index contributed by atoms with van der Waals surface area (Å²) >= 11 is 0. The fourth-order valence-corrected chi connectivity index (χ4v) is 4.95. The maximum Gasteiger partial charge on any atom is 0.243 e. The lowest BCUT2D eigenvalue weighted by atomic mass is 9.89. The van der Waals surface area contributed by atoms with Crippen molar-refractivity contribution in [3.05, 3.63) is 65.5 Å². The molecule has 0 bridgehead atoms. The van der Waals surface area contributed by atoms with Gasteiger partial charge in [-0.25, -0.2) is 9.87 Å². The number of halogens is 1. The molecule has 2 aromatic carbocycles. The number of hydrogen-bond donors (Lipinski definition) is 6. The van der Waals surface area contributed by atoms with E-state index in [-0.39, 0.29) is 24.6 Å². The first-order valence-corrected chi connectivity index (χ1v) is 15.0. The SMILES string of the molecule is O=C(CCCCCNC(=O)Cc1ccc(Nc2nc(NCc3ccc(F)cc3)nc(NCC3CCCCC3)n2)cc1)NO. The van der Waals surface area contributed by atoms with E-state index in [9.17, 15) is 14.0 Å². The van der Waals surface area contributed by atoms with E-state index < -0.39 is 5.91 Å². The maximum atomic E-state index is 13.3. The molecule has 2 amide bonds. The van der Waals surface area contributed by atoms with Crippen LogP contribution in [-0.4, -0.2) is 45.1 Å². The van der Waals surface area contributed by atoms with Gasteiger partial charge in [0.15, 0.2) is 0 Å². The first-order chi connectivity index (χ1) is 21.0. The van der Waals surface area contributed by atoms with Crippen LogP contribution in [0.4, 0.5) is 27.9 Å². The molecule has 1 saturated carbocycles. The Labute approximate surface area is 251 Å². The van der Waals surface area contributed by atoms with Crippen molar-refractivity contribution in [2.45, 2.75) is 70.8 Å². The molecule has 1 aliphatic carbocycles. The largest absolute Gasteiger partial charge is 0.356 e. The number of hydroxylamine groups is 1. The number of carbonyl (C=O) groups is 2. The summed E-state index contributed by atoms with van der Waals surface area (Å²) in [6.45, 7) is 1.77. The predicted octanol–water partition coefficient (Wildman–Crippen LogP) is 5.08. The van der Waals surface area contributed by atoms with Crippen molar-refractivity contribution < 1.29 is 19.2 Å². The van der Waals surface area contributed by atoms with E-state index >= 15 is 0 Å². The van der Waals surface area contributed by atoms with Crippen LogP contribution in [0, 0.1) is 11.7 Å². The van der Waals surface area contributed by atoms with Crippen molar-refractivity contribution in [2.75, 3.05) is 29.0 Å². The number of unbranched alkanes of at least 4 members (excludes halogenated alkanes) is 2. The Kier molecular flexibility index (Phi) is 12.5. The van der Waals surface area contributed by atoms with Crippen LogP contribution in [0.5, 0.6) is 0 Å². The molecule has 1 heterocycles. The lowest BCUT2D eigenvalue weighted by molar-refractivity contribution is -0.129. The van der Waals surface area contributed by atoms with Gasteiger partial charge < -0.3 is 21.3 Å². The van der Waals surface area contributed by atoms with E-state index in [0.717, 1.165) is 36.2 Å². The summed E-state index contributed by atoms with van der Waals surface area (Å²) in [6, 6.07) is 13.8. The lowest BCUT2D eigenvalue weighted by Gasteiger charge is -2.21. The monoisotopic (exact) mass is 592 g/mol. The minimum Gasteiger partial charge on any atom is -0.356 e. The number of amides is 2. The summed E-state index contributed by atoms with van der Waals surface area (Å²) in [6.07, 6.45) is 8.94. The quantitative estimate of drug-likeness (QED) is 0.0759. The third kappa shape index (κ3) is 11.5. The predicted molar refractivity (Wildman–Crippen MR) is 163 cm³/mol. The summed E-state index contributed by atoms with van der Waals surface area (Å²) < 4.78 is 13.3. The number of aromatic nitrogens is 3. The Morgan fingerprint density at radius 2 is 1.47 bits per heavy atom. The van der Waals surface area contributed by atoms with E-state index in [1.165, 1.54) is 44.2 Å². The van der Waals surface area contributed by atoms with Crippen molar-refractivity contribution in [3.63, 3.8) is 0 Å². The van der Waals surface area contributed by atoms with Gasteiger partial charge >= 0.3 is 0 Å². The molecule has 0 saturated heterocycles. The third-order valence-corrected chi connectivity index (χ3v) is 7.38. The molecule has 1 aromatic heterocycles. The van der Waals surface area contributed by atoms with Crippen LogP contribution in [-0.2, 0) is 22.6 Å². The molecule has 0 spiro atoms. The summed E-state index contributed by atoms with van der Waals surface area (Å²) in [5.41, 5.74) is 4.16. The lowest BCUT2D eigenvalue weighted by Crippen LogP contribution is -2.26. The molecule has 12 heteroatoms. The summed E-state index contributed by atoms with van der Waals surface area (Å²) in [5, 5.41) is 21.2. The van der Waals surface area contributed by atoms with Gasteiger partial charge in [0.2, 0.25) is 29.7 Å². The van der Waals surface area contributed by atoms with E-state index in [1.807, 2.05) is 24.3 Å². The fraction of sp³-hybridized carbons (Fsp3) is 0.452. The number of hydrogen-bond acceptors (Lipinski definition) is 9. The highest BCUT2D eigenvalue weighted by atomic mass is 19.1. The molecule has 43 heavy (non-hydrogen) atoms. The molecule has 0 radical (unpaired) electrons. The second-order valence-electron chi connectivity index (χ2n) is 10.9. The molecular formula is C31H41FN8O3. The van der Waals surface area contributed by atoms with Gasteiger partial charge in [0.25, 0.3) is 0 Å². The van der Waals surface area contributed by atoms with Crippen molar-refractivity contribution in [2.24, 2.45) is 5.92 Å². The summed E-state index contributed by atoms with van der Waals surface area (Å²) in [7, 11) is 0. The topological polar surface area (TPSA) is 153 Å². The van der Waals surface area contributed by atoms with E-state index in [2.05, 4.69) is 36.2 Å². The zero-order valence-electron chi connectivity index (χ0n) is 24.4. The van der Waals surface area contributed by atoms with Crippen LogP contribution in [0.1, 0.15) is 68.9 Å². The van der Waals surface area contributed by atoms with Crippen molar-refractivity contribution in [1.82, 2.24) is 25.7 Å². The van der Waals surface area contributed by atoms with E-state index in [0.29, 0.717) is 43.3 Å². The minimum atomic E-state index is -0.400. The highest BCUT2D eigenvalue weighted by molar-refractivity contribution is 5.78. The van der Waals surface area contributed by atoms with E-state index in [1.54, 1.807) is 17.6 Å². The Bertz CT molecular complexity index is 1300. The zero-order valence-corrected chi connectivity index (χ0v) is 24.4. The maximum absolute atomic E-state index is 13.3. The number of benzene rings is 2. The Hall–Kier alpha value is -4.32.